The maximum absolute atomic E-state index is 4.48. The minimum Gasteiger partial charge on any atom is -0.355 e. The van der Waals surface area contributed by atoms with E-state index in [0.29, 0.717) is 10.7 Å². The SMILES string of the molecule is CC1CN(c2ncc(Br)cc2Br)CCC1Br. The largest absolute Gasteiger partial charge is 0.355 e. The maximum Gasteiger partial charge on any atom is 0.142 e. The Morgan fingerprint density at radius 3 is 2.81 bits per heavy atom. The van der Waals surface area contributed by atoms with Crippen LogP contribution in [0.1, 0.15) is 13.3 Å². The minimum absolute atomic E-state index is 0.637. The quantitative estimate of drug-likeness (QED) is 0.642. The predicted molar refractivity (Wildman–Crippen MR) is 78.3 cm³/mol. The van der Waals surface area contributed by atoms with Crippen LogP contribution in [-0.4, -0.2) is 22.9 Å². The fourth-order valence-electron chi connectivity index (χ4n) is 1.95. The van der Waals surface area contributed by atoms with Crippen LogP contribution < -0.4 is 4.90 Å². The van der Waals surface area contributed by atoms with E-state index in [9.17, 15) is 0 Å². The molecule has 1 saturated heterocycles. The number of piperidine rings is 1. The molecule has 0 N–H and O–H groups in total. The number of nitrogens with zero attached hydrogens (tertiary/aromatic N) is 2. The lowest BCUT2D eigenvalue weighted by molar-refractivity contribution is 0.463. The van der Waals surface area contributed by atoms with Crippen LogP contribution in [0.5, 0.6) is 0 Å². The van der Waals surface area contributed by atoms with Crippen molar-refractivity contribution in [1.29, 1.82) is 0 Å². The van der Waals surface area contributed by atoms with Crippen molar-refractivity contribution >= 4 is 53.6 Å². The molecule has 1 aliphatic rings. The van der Waals surface area contributed by atoms with Gasteiger partial charge in [0.15, 0.2) is 0 Å². The maximum atomic E-state index is 4.48. The molecule has 0 amide bonds. The van der Waals surface area contributed by atoms with E-state index in [-0.39, 0.29) is 0 Å². The predicted octanol–water partition coefficient (Wildman–Crippen LogP) is 4.22. The summed E-state index contributed by atoms with van der Waals surface area (Å²) >= 11 is 10.7. The zero-order valence-electron chi connectivity index (χ0n) is 8.96. The standard InChI is InChI=1S/C11H13Br3N2/c1-7-6-16(3-2-9(7)13)11-10(14)4-8(12)5-15-11/h4-5,7,9H,2-3,6H2,1H3. The molecule has 2 rings (SSSR count). The van der Waals surface area contributed by atoms with E-state index < -0.39 is 0 Å². The summed E-state index contributed by atoms with van der Waals surface area (Å²) in [5, 5.41) is 0. The van der Waals surface area contributed by atoms with Gasteiger partial charge in [0.2, 0.25) is 0 Å². The molecule has 0 bridgehead atoms. The molecule has 1 aromatic heterocycles. The molecule has 5 heteroatoms. The van der Waals surface area contributed by atoms with Crippen LogP contribution in [0.4, 0.5) is 5.82 Å². The van der Waals surface area contributed by atoms with E-state index >= 15 is 0 Å². The van der Waals surface area contributed by atoms with Gasteiger partial charge < -0.3 is 4.90 Å². The molecule has 0 saturated carbocycles. The molecule has 0 spiro atoms. The summed E-state index contributed by atoms with van der Waals surface area (Å²) < 4.78 is 2.06. The Labute approximate surface area is 121 Å². The molecule has 0 aliphatic carbocycles. The third kappa shape index (κ3) is 2.79. The summed E-state index contributed by atoms with van der Waals surface area (Å²) in [6, 6.07) is 2.05. The molecule has 0 radical (unpaired) electrons. The minimum atomic E-state index is 0.637. The molecule has 1 aliphatic heterocycles. The van der Waals surface area contributed by atoms with Crippen molar-refractivity contribution in [2.24, 2.45) is 5.92 Å². The average Bonchev–Trinajstić information content (AvgIpc) is 2.22. The van der Waals surface area contributed by atoms with E-state index in [1.165, 1.54) is 6.42 Å². The van der Waals surface area contributed by atoms with Crippen LogP contribution in [0.2, 0.25) is 0 Å². The summed E-state index contributed by atoms with van der Waals surface area (Å²) in [4.78, 5) is 7.46. The Hall–Kier alpha value is 0.390. The normalized spacial score (nSPS) is 25.9. The molecule has 2 atom stereocenters. The first-order valence-electron chi connectivity index (χ1n) is 5.28. The number of aromatic nitrogens is 1. The van der Waals surface area contributed by atoms with Gasteiger partial charge in [0.1, 0.15) is 5.82 Å². The van der Waals surface area contributed by atoms with Crippen molar-refractivity contribution in [3.63, 3.8) is 0 Å². The van der Waals surface area contributed by atoms with E-state index in [0.717, 1.165) is 27.9 Å². The van der Waals surface area contributed by atoms with Gasteiger partial charge in [-0.2, -0.15) is 0 Å². The zero-order valence-corrected chi connectivity index (χ0v) is 13.7. The Bertz CT molecular complexity index is 383. The second kappa shape index (κ2) is 5.36. The van der Waals surface area contributed by atoms with Gasteiger partial charge in [0, 0.05) is 28.6 Å². The zero-order chi connectivity index (χ0) is 11.7. The third-order valence-electron chi connectivity index (χ3n) is 2.89. The summed E-state index contributed by atoms with van der Waals surface area (Å²) in [7, 11) is 0. The van der Waals surface area contributed by atoms with Crippen LogP contribution in [0.3, 0.4) is 0 Å². The number of pyridine rings is 1. The van der Waals surface area contributed by atoms with Gasteiger partial charge in [0.05, 0.1) is 4.47 Å². The summed E-state index contributed by atoms with van der Waals surface area (Å²) in [6.07, 6.45) is 3.02. The van der Waals surface area contributed by atoms with Crippen molar-refractivity contribution < 1.29 is 0 Å². The van der Waals surface area contributed by atoms with Crippen LogP contribution in [0.15, 0.2) is 21.2 Å². The van der Waals surface area contributed by atoms with Gasteiger partial charge in [0.25, 0.3) is 0 Å². The summed E-state index contributed by atoms with van der Waals surface area (Å²) in [5.74, 6) is 1.71. The Morgan fingerprint density at radius 2 is 2.19 bits per heavy atom. The second-order valence-corrected chi connectivity index (χ2v) is 7.13. The molecule has 88 valence electrons. The highest BCUT2D eigenvalue weighted by atomic mass is 79.9. The fourth-order valence-corrected chi connectivity index (χ4v) is 3.56. The Morgan fingerprint density at radius 1 is 1.44 bits per heavy atom. The van der Waals surface area contributed by atoms with Crippen molar-refractivity contribution in [2.75, 3.05) is 18.0 Å². The number of rotatable bonds is 1. The van der Waals surface area contributed by atoms with Crippen LogP contribution in [0.25, 0.3) is 0 Å². The van der Waals surface area contributed by atoms with Crippen LogP contribution >= 0.6 is 47.8 Å². The van der Waals surface area contributed by atoms with Gasteiger partial charge in [-0.1, -0.05) is 22.9 Å². The number of hydrogen-bond acceptors (Lipinski definition) is 2. The highest BCUT2D eigenvalue weighted by Gasteiger charge is 2.25. The van der Waals surface area contributed by atoms with Crippen molar-refractivity contribution in [3.8, 4) is 0 Å². The van der Waals surface area contributed by atoms with Crippen molar-refractivity contribution in [2.45, 2.75) is 18.2 Å². The van der Waals surface area contributed by atoms with Crippen molar-refractivity contribution in [1.82, 2.24) is 4.98 Å². The van der Waals surface area contributed by atoms with E-state index in [4.69, 9.17) is 0 Å². The lowest BCUT2D eigenvalue weighted by atomic mass is 10.0. The van der Waals surface area contributed by atoms with E-state index in [1.807, 2.05) is 12.3 Å². The number of anilines is 1. The average molecular weight is 413 g/mol. The molecule has 1 aromatic rings. The summed E-state index contributed by atoms with van der Waals surface area (Å²) in [6.45, 7) is 4.40. The molecule has 1 fully saturated rings. The highest BCUT2D eigenvalue weighted by molar-refractivity contribution is 9.11. The first-order valence-corrected chi connectivity index (χ1v) is 7.78. The Kier molecular flexibility index (Phi) is 4.30. The first-order chi connectivity index (χ1) is 7.58. The number of alkyl halides is 1. The number of halogens is 3. The van der Waals surface area contributed by atoms with Crippen LogP contribution in [-0.2, 0) is 0 Å². The molecule has 2 nitrogen and oxygen atoms in total. The monoisotopic (exact) mass is 410 g/mol. The molecular formula is C11H13Br3N2. The van der Waals surface area contributed by atoms with Gasteiger partial charge in [-0.25, -0.2) is 4.98 Å². The van der Waals surface area contributed by atoms with E-state index in [2.05, 4.69) is 64.6 Å². The summed E-state index contributed by atoms with van der Waals surface area (Å²) in [5.41, 5.74) is 0. The first kappa shape index (κ1) is 12.8. The molecule has 16 heavy (non-hydrogen) atoms. The highest BCUT2D eigenvalue weighted by Crippen LogP contribution is 2.31. The smallest absolute Gasteiger partial charge is 0.142 e. The van der Waals surface area contributed by atoms with Gasteiger partial charge in [-0.05, 0) is 50.3 Å². The molecule has 0 aromatic carbocycles. The van der Waals surface area contributed by atoms with Crippen molar-refractivity contribution in [3.05, 3.63) is 21.2 Å². The molecular weight excluding hydrogens is 400 g/mol. The Balaban J connectivity index is 2.18. The lowest BCUT2D eigenvalue weighted by Gasteiger charge is -2.35. The lowest BCUT2D eigenvalue weighted by Crippen LogP contribution is -2.40. The van der Waals surface area contributed by atoms with Gasteiger partial charge in [-0.15, -0.1) is 0 Å². The number of hydrogen-bond donors (Lipinski definition) is 0. The van der Waals surface area contributed by atoms with Gasteiger partial charge >= 0.3 is 0 Å². The third-order valence-corrected chi connectivity index (χ3v) is 5.27. The van der Waals surface area contributed by atoms with Gasteiger partial charge in [-0.3, -0.25) is 0 Å². The second-order valence-electron chi connectivity index (χ2n) is 4.19. The topological polar surface area (TPSA) is 16.1 Å². The molecule has 2 unspecified atom stereocenters. The molecule has 2 heterocycles. The van der Waals surface area contributed by atoms with E-state index in [1.54, 1.807) is 0 Å². The fraction of sp³-hybridized carbons (Fsp3) is 0.545. The van der Waals surface area contributed by atoms with Crippen LogP contribution in [0, 0.1) is 5.92 Å².